The molecule has 1 amide bonds. The van der Waals surface area contributed by atoms with Crippen molar-refractivity contribution in [1.29, 1.82) is 0 Å². The van der Waals surface area contributed by atoms with Gasteiger partial charge in [-0.25, -0.2) is 9.59 Å². The normalized spacial score (nSPS) is 20.9. The second-order valence-corrected chi connectivity index (χ2v) is 8.55. The molecule has 216 valence electrons. The third-order valence-electron chi connectivity index (χ3n) is 5.68. The molecule has 2 aromatic rings. The maximum Gasteiger partial charge on any atom is 0.490 e. The summed E-state index contributed by atoms with van der Waals surface area (Å²) in [5, 5.41) is 17.2. The summed E-state index contributed by atoms with van der Waals surface area (Å²) < 4.78 is 74.6. The van der Waals surface area contributed by atoms with Gasteiger partial charge in [0.1, 0.15) is 0 Å². The second-order valence-electron chi connectivity index (χ2n) is 8.55. The predicted octanol–water partition coefficient (Wildman–Crippen LogP) is 3.81. The first-order chi connectivity index (χ1) is 18.2. The van der Waals surface area contributed by atoms with Crippen molar-refractivity contribution < 1.29 is 60.1 Å². The van der Waals surface area contributed by atoms with Crippen molar-refractivity contribution in [2.24, 2.45) is 11.8 Å². The van der Waals surface area contributed by atoms with Gasteiger partial charge in [0.05, 0.1) is 43.5 Å². The number of anilines is 1. The highest BCUT2D eigenvalue weighted by Crippen LogP contribution is 2.36. The molecule has 16 heteroatoms. The third-order valence-corrected chi connectivity index (χ3v) is 5.68. The number of hydrogen-bond acceptors (Lipinski definition) is 7. The molecule has 0 saturated carbocycles. The minimum absolute atomic E-state index is 0.000485. The number of pyridine rings is 1. The van der Waals surface area contributed by atoms with Crippen molar-refractivity contribution in [2.45, 2.75) is 37.8 Å². The molecule has 4 heterocycles. The number of rotatable bonds is 5. The zero-order valence-electron chi connectivity index (χ0n) is 20.1. The van der Waals surface area contributed by atoms with Crippen LogP contribution in [0.3, 0.4) is 0 Å². The number of ether oxygens (including phenoxy) is 1. The molecular formula is C23H25F6N3O7. The second kappa shape index (κ2) is 13.9. The molecule has 39 heavy (non-hydrogen) atoms. The predicted molar refractivity (Wildman–Crippen MR) is 120 cm³/mol. The Kier molecular flexibility index (Phi) is 11.3. The number of halogens is 6. The molecule has 0 radical (unpaired) electrons. The van der Waals surface area contributed by atoms with Gasteiger partial charge in [-0.1, -0.05) is 0 Å². The molecule has 0 aliphatic carbocycles. The first kappa shape index (κ1) is 31.6. The molecule has 3 N–H and O–H groups in total. The van der Waals surface area contributed by atoms with Crippen LogP contribution in [0.2, 0.25) is 0 Å². The number of alkyl halides is 6. The molecule has 4 rings (SSSR count). The van der Waals surface area contributed by atoms with E-state index in [0.29, 0.717) is 18.3 Å². The van der Waals surface area contributed by atoms with E-state index in [9.17, 15) is 31.1 Å². The number of carbonyl (C=O) groups is 3. The highest BCUT2D eigenvalue weighted by Gasteiger charge is 2.41. The number of hydrogen-bond donors (Lipinski definition) is 3. The number of furan rings is 1. The molecule has 10 nitrogen and oxygen atoms in total. The monoisotopic (exact) mass is 569 g/mol. The molecule has 0 spiro atoms. The van der Waals surface area contributed by atoms with E-state index in [4.69, 9.17) is 29.0 Å². The van der Waals surface area contributed by atoms with Gasteiger partial charge < -0.3 is 24.7 Å². The van der Waals surface area contributed by atoms with Gasteiger partial charge in [-0.05, 0) is 37.1 Å². The molecule has 3 atom stereocenters. The lowest BCUT2D eigenvalue weighted by atomic mass is 9.83. The Balaban J connectivity index is 0.000000317. The third kappa shape index (κ3) is 10.9. The average Bonchev–Trinajstić information content (AvgIpc) is 3.49. The van der Waals surface area contributed by atoms with Crippen molar-refractivity contribution in [3.8, 4) is 0 Å². The molecule has 2 saturated heterocycles. The van der Waals surface area contributed by atoms with Crippen LogP contribution in [0, 0.1) is 11.8 Å². The fourth-order valence-electron chi connectivity index (χ4n) is 3.99. The lowest BCUT2D eigenvalue weighted by molar-refractivity contribution is -0.193. The summed E-state index contributed by atoms with van der Waals surface area (Å²) in [6.07, 6.45) is -1.77. The minimum Gasteiger partial charge on any atom is -0.475 e. The highest BCUT2D eigenvalue weighted by molar-refractivity contribution is 5.90. The highest BCUT2D eigenvalue weighted by atomic mass is 19.4. The van der Waals surface area contributed by atoms with Gasteiger partial charge in [0.15, 0.2) is 0 Å². The van der Waals surface area contributed by atoms with Crippen molar-refractivity contribution in [1.82, 2.24) is 9.88 Å². The first-order valence-electron chi connectivity index (χ1n) is 11.3. The van der Waals surface area contributed by atoms with Crippen LogP contribution in [0.5, 0.6) is 0 Å². The Morgan fingerprint density at radius 2 is 1.72 bits per heavy atom. The number of nitrogens with zero attached hydrogens (tertiary/aromatic N) is 2. The number of carboxylic acid groups (broad SMARTS) is 2. The van der Waals surface area contributed by atoms with Gasteiger partial charge >= 0.3 is 24.3 Å². The lowest BCUT2D eigenvalue weighted by Crippen LogP contribution is -2.41. The SMILES string of the molecule is O=C(C[C@H]1OC[C@H]2CN(Cc3ccoc3)CC[C@H]21)Nc1cccnc1.O=C(O)C(F)(F)F.O=C(O)C(F)(F)F. The number of amides is 1. The van der Waals surface area contributed by atoms with Crippen LogP contribution in [-0.4, -0.2) is 76.1 Å². The van der Waals surface area contributed by atoms with Gasteiger partial charge in [0.2, 0.25) is 5.91 Å². The Labute approximate surface area is 217 Å². The summed E-state index contributed by atoms with van der Waals surface area (Å²) in [4.78, 5) is 36.5. The van der Waals surface area contributed by atoms with Crippen LogP contribution in [0.15, 0.2) is 47.5 Å². The smallest absolute Gasteiger partial charge is 0.475 e. The molecule has 2 aliphatic rings. The van der Waals surface area contributed by atoms with Gasteiger partial charge in [-0.3, -0.25) is 14.7 Å². The van der Waals surface area contributed by atoms with Crippen LogP contribution in [0.1, 0.15) is 18.4 Å². The number of nitrogens with one attached hydrogen (secondary N) is 1. The van der Waals surface area contributed by atoms with Crippen LogP contribution in [-0.2, 0) is 25.7 Å². The number of fused-ring (bicyclic) bond motifs is 1. The largest absolute Gasteiger partial charge is 0.490 e. The number of piperidine rings is 1. The van der Waals surface area contributed by atoms with Crippen LogP contribution in [0.25, 0.3) is 0 Å². The number of aliphatic carboxylic acids is 2. The summed E-state index contributed by atoms with van der Waals surface area (Å²) in [6.45, 7) is 3.73. The van der Waals surface area contributed by atoms with Gasteiger partial charge in [0.25, 0.3) is 0 Å². The molecule has 2 fully saturated rings. The summed E-state index contributed by atoms with van der Waals surface area (Å²) >= 11 is 0. The number of likely N-dealkylation sites (tertiary alicyclic amines) is 1. The van der Waals surface area contributed by atoms with Crippen LogP contribution < -0.4 is 5.32 Å². The van der Waals surface area contributed by atoms with Gasteiger partial charge in [0, 0.05) is 30.8 Å². The fraction of sp³-hybridized carbons (Fsp3) is 0.478. The van der Waals surface area contributed by atoms with E-state index in [1.54, 1.807) is 18.7 Å². The maximum absolute atomic E-state index is 12.3. The molecule has 0 unspecified atom stereocenters. The Morgan fingerprint density at radius 1 is 1.08 bits per heavy atom. The summed E-state index contributed by atoms with van der Waals surface area (Å²) in [7, 11) is 0. The van der Waals surface area contributed by atoms with E-state index < -0.39 is 24.3 Å². The first-order valence-corrected chi connectivity index (χ1v) is 11.3. The standard InChI is InChI=1S/C19H23N3O3.2C2HF3O2/c23-19(21-16-2-1-5-20-9-16)8-18-17-3-6-22(11-15(17)13-25-18)10-14-4-7-24-12-14;2*3-2(4,5)1(6)7/h1-2,4-5,7,9,12,15,17-18H,3,6,8,10-11,13H2,(H,21,23);2*(H,6,7)/t15-,17-,18-;;/m1../s1. The van der Waals surface area contributed by atoms with E-state index in [0.717, 1.165) is 38.3 Å². The Hall–Kier alpha value is -3.66. The maximum atomic E-state index is 12.3. The summed E-state index contributed by atoms with van der Waals surface area (Å²) in [5.41, 5.74) is 1.95. The zero-order valence-corrected chi connectivity index (χ0v) is 20.1. The average molecular weight is 569 g/mol. The Morgan fingerprint density at radius 3 is 2.23 bits per heavy atom. The number of carbonyl (C=O) groups excluding carboxylic acids is 1. The van der Waals surface area contributed by atoms with E-state index in [1.807, 2.05) is 24.5 Å². The molecular weight excluding hydrogens is 544 g/mol. The van der Waals surface area contributed by atoms with Crippen molar-refractivity contribution >= 4 is 23.5 Å². The number of aromatic nitrogens is 1. The van der Waals surface area contributed by atoms with E-state index >= 15 is 0 Å². The minimum atomic E-state index is -5.08. The zero-order chi connectivity index (χ0) is 29.2. The van der Waals surface area contributed by atoms with E-state index in [2.05, 4.69) is 15.2 Å². The van der Waals surface area contributed by atoms with E-state index in [1.165, 1.54) is 5.56 Å². The molecule has 0 aromatic carbocycles. The summed E-state index contributed by atoms with van der Waals surface area (Å²) in [5.74, 6) is -4.53. The van der Waals surface area contributed by atoms with E-state index in [-0.39, 0.29) is 12.0 Å². The Bertz CT molecular complexity index is 1040. The quantitative estimate of drug-likeness (QED) is 0.459. The van der Waals surface area contributed by atoms with Crippen LogP contribution >= 0.6 is 0 Å². The topological polar surface area (TPSA) is 142 Å². The van der Waals surface area contributed by atoms with Crippen molar-refractivity contribution in [3.05, 3.63) is 48.7 Å². The van der Waals surface area contributed by atoms with Gasteiger partial charge in [-0.15, -0.1) is 0 Å². The fourth-order valence-corrected chi connectivity index (χ4v) is 3.99. The van der Waals surface area contributed by atoms with Crippen molar-refractivity contribution in [3.63, 3.8) is 0 Å². The van der Waals surface area contributed by atoms with Gasteiger partial charge in [-0.2, -0.15) is 26.3 Å². The molecule has 2 aliphatic heterocycles. The lowest BCUT2D eigenvalue weighted by Gasteiger charge is -2.35. The molecule has 0 bridgehead atoms. The van der Waals surface area contributed by atoms with Crippen molar-refractivity contribution in [2.75, 3.05) is 25.0 Å². The van der Waals surface area contributed by atoms with Crippen LogP contribution in [0.4, 0.5) is 32.0 Å². The molecule has 2 aromatic heterocycles. The summed E-state index contributed by atoms with van der Waals surface area (Å²) in [6, 6.07) is 5.67. The number of carboxylic acids is 2.